The highest BCUT2D eigenvalue weighted by atomic mass is 16.2. The Morgan fingerprint density at radius 3 is 2.44 bits per heavy atom. The van der Waals surface area contributed by atoms with Gasteiger partial charge in [-0.15, -0.1) is 0 Å². The first-order chi connectivity index (χ1) is 8.65. The summed E-state index contributed by atoms with van der Waals surface area (Å²) in [5.74, 6) is 1.00. The standard InChI is InChI=1S/C15H22N2O/c1-17(2)15(18)10-12-6-8-14(9-7-12)16-11-13-4-3-5-13/h6-9,13,16H,3-5,10-11H2,1-2H3. The Morgan fingerprint density at radius 1 is 1.28 bits per heavy atom. The lowest BCUT2D eigenvalue weighted by Crippen LogP contribution is -2.23. The molecule has 0 bridgehead atoms. The van der Waals surface area contributed by atoms with E-state index < -0.39 is 0 Å². The minimum atomic E-state index is 0.144. The maximum absolute atomic E-state index is 11.6. The fourth-order valence-electron chi connectivity index (χ4n) is 2.03. The Morgan fingerprint density at radius 2 is 1.94 bits per heavy atom. The van der Waals surface area contributed by atoms with Crippen LogP contribution in [-0.2, 0) is 11.2 Å². The average Bonchev–Trinajstić information content (AvgIpc) is 2.29. The number of hydrogen-bond donors (Lipinski definition) is 1. The largest absolute Gasteiger partial charge is 0.385 e. The van der Waals surface area contributed by atoms with Crippen molar-refractivity contribution < 1.29 is 4.79 Å². The van der Waals surface area contributed by atoms with Gasteiger partial charge in [0.2, 0.25) is 5.91 Å². The lowest BCUT2D eigenvalue weighted by atomic mass is 9.85. The molecule has 1 amide bonds. The van der Waals surface area contributed by atoms with Crippen molar-refractivity contribution >= 4 is 11.6 Å². The van der Waals surface area contributed by atoms with Gasteiger partial charge in [-0.2, -0.15) is 0 Å². The number of benzene rings is 1. The van der Waals surface area contributed by atoms with E-state index in [1.54, 1.807) is 19.0 Å². The number of hydrogen-bond acceptors (Lipinski definition) is 2. The summed E-state index contributed by atoms with van der Waals surface area (Å²) in [6.07, 6.45) is 4.60. The van der Waals surface area contributed by atoms with Gasteiger partial charge in [-0.1, -0.05) is 18.6 Å². The van der Waals surface area contributed by atoms with E-state index in [1.807, 2.05) is 12.1 Å². The zero-order valence-electron chi connectivity index (χ0n) is 11.3. The third-order valence-corrected chi connectivity index (χ3v) is 3.63. The van der Waals surface area contributed by atoms with Gasteiger partial charge in [-0.25, -0.2) is 0 Å². The van der Waals surface area contributed by atoms with Crippen LogP contribution >= 0.6 is 0 Å². The highest BCUT2D eigenvalue weighted by Crippen LogP contribution is 2.26. The molecule has 2 rings (SSSR count). The summed E-state index contributed by atoms with van der Waals surface area (Å²) in [5, 5.41) is 3.45. The van der Waals surface area contributed by atoms with Gasteiger partial charge in [0.25, 0.3) is 0 Å². The SMILES string of the molecule is CN(C)C(=O)Cc1ccc(NCC2CCC2)cc1. The van der Waals surface area contributed by atoms with Gasteiger partial charge in [0.05, 0.1) is 6.42 Å². The fourth-order valence-corrected chi connectivity index (χ4v) is 2.03. The summed E-state index contributed by atoms with van der Waals surface area (Å²) in [7, 11) is 3.58. The molecule has 3 heteroatoms. The fraction of sp³-hybridized carbons (Fsp3) is 0.533. The first-order valence-electron chi connectivity index (χ1n) is 6.68. The number of anilines is 1. The van der Waals surface area contributed by atoms with Crippen molar-refractivity contribution in [2.75, 3.05) is 26.0 Å². The number of carbonyl (C=O) groups is 1. The van der Waals surface area contributed by atoms with Crippen LogP contribution in [0.5, 0.6) is 0 Å². The maximum Gasteiger partial charge on any atom is 0.226 e. The summed E-state index contributed by atoms with van der Waals surface area (Å²) in [6.45, 7) is 1.08. The van der Waals surface area contributed by atoms with Crippen molar-refractivity contribution in [1.29, 1.82) is 0 Å². The zero-order chi connectivity index (χ0) is 13.0. The van der Waals surface area contributed by atoms with Crippen molar-refractivity contribution in [3.63, 3.8) is 0 Å². The predicted molar refractivity (Wildman–Crippen MR) is 74.7 cm³/mol. The minimum absolute atomic E-state index is 0.144. The van der Waals surface area contributed by atoms with E-state index in [1.165, 1.54) is 19.3 Å². The molecule has 0 aliphatic heterocycles. The molecular weight excluding hydrogens is 224 g/mol. The quantitative estimate of drug-likeness (QED) is 0.866. The van der Waals surface area contributed by atoms with E-state index in [2.05, 4.69) is 17.4 Å². The monoisotopic (exact) mass is 246 g/mol. The molecular formula is C15H22N2O. The van der Waals surface area contributed by atoms with Gasteiger partial charge in [0.15, 0.2) is 0 Å². The van der Waals surface area contributed by atoms with Gasteiger partial charge >= 0.3 is 0 Å². The zero-order valence-corrected chi connectivity index (χ0v) is 11.3. The lowest BCUT2D eigenvalue weighted by molar-refractivity contribution is -0.127. The summed E-state index contributed by atoms with van der Waals surface area (Å²) in [5.41, 5.74) is 2.23. The Bertz CT molecular complexity index is 393. The van der Waals surface area contributed by atoms with Crippen molar-refractivity contribution in [2.45, 2.75) is 25.7 Å². The normalized spacial score (nSPS) is 15.0. The molecule has 0 saturated heterocycles. The summed E-state index contributed by atoms with van der Waals surface area (Å²) >= 11 is 0. The van der Waals surface area contributed by atoms with Crippen LogP contribution in [0.3, 0.4) is 0 Å². The van der Waals surface area contributed by atoms with Crippen LogP contribution in [0, 0.1) is 5.92 Å². The van der Waals surface area contributed by atoms with Crippen molar-refractivity contribution in [3.8, 4) is 0 Å². The summed E-state index contributed by atoms with van der Waals surface area (Å²) in [4.78, 5) is 13.2. The molecule has 0 heterocycles. The first-order valence-corrected chi connectivity index (χ1v) is 6.68. The Balaban J connectivity index is 1.82. The molecule has 3 nitrogen and oxygen atoms in total. The number of amides is 1. The van der Waals surface area contributed by atoms with Crippen LogP contribution in [-0.4, -0.2) is 31.4 Å². The molecule has 0 unspecified atom stereocenters. The molecule has 0 aromatic heterocycles. The first kappa shape index (κ1) is 12.9. The summed E-state index contributed by atoms with van der Waals surface area (Å²) in [6, 6.07) is 8.20. The molecule has 1 aliphatic carbocycles. The number of nitrogens with zero attached hydrogens (tertiary/aromatic N) is 1. The Labute approximate surface area is 109 Å². The topological polar surface area (TPSA) is 32.3 Å². The molecule has 1 aromatic rings. The minimum Gasteiger partial charge on any atom is -0.385 e. The van der Waals surface area contributed by atoms with Gasteiger partial charge in [-0.3, -0.25) is 4.79 Å². The molecule has 98 valence electrons. The molecule has 1 saturated carbocycles. The van der Waals surface area contributed by atoms with Gasteiger partial charge in [0.1, 0.15) is 0 Å². The van der Waals surface area contributed by atoms with Crippen molar-refractivity contribution in [2.24, 2.45) is 5.92 Å². The number of carbonyl (C=O) groups excluding carboxylic acids is 1. The Hall–Kier alpha value is -1.51. The van der Waals surface area contributed by atoms with Crippen LogP contribution in [0.4, 0.5) is 5.69 Å². The molecule has 1 fully saturated rings. The van der Waals surface area contributed by atoms with Gasteiger partial charge < -0.3 is 10.2 Å². The van der Waals surface area contributed by atoms with Crippen LogP contribution in [0.2, 0.25) is 0 Å². The number of rotatable bonds is 5. The third-order valence-electron chi connectivity index (χ3n) is 3.63. The van der Waals surface area contributed by atoms with Crippen LogP contribution in [0.1, 0.15) is 24.8 Å². The highest BCUT2D eigenvalue weighted by Gasteiger charge is 2.16. The van der Waals surface area contributed by atoms with Crippen molar-refractivity contribution in [1.82, 2.24) is 4.90 Å². The van der Waals surface area contributed by atoms with E-state index in [4.69, 9.17) is 0 Å². The van der Waals surface area contributed by atoms with E-state index in [9.17, 15) is 4.79 Å². The number of likely N-dealkylation sites (N-methyl/N-ethyl adjacent to an activating group) is 1. The second-order valence-corrected chi connectivity index (χ2v) is 5.34. The van der Waals surface area contributed by atoms with E-state index in [0.717, 1.165) is 23.7 Å². The second-order valence-electron chi connectivity index (χ2n) is 5.34. The third kappa shape index (κ3) is 3.49. The smallest absolute Gasteiger partial charge is 0.226 e. The summed E-state index contributed by atoms with van der Waals surface area (Å²) < 4.78 is 0. The molecule has 18 heavy (non-hydrogen) atoms. The molecule has 0 radical (unpaired) electrons. The average molecular weight is 246 g/mol. The molecule has 0 atom stereocenters. The van der Waals surface area contributed by atoms with E-state index in [0.29, 0.717) is 6.42 Å². The van der Waals surface area contributed by atoms with E-state index >= 15 is 0 Å². The van der Waals surface area contributed by atoms with Crippen LogP contribution < -0.4 is 5.32 Å². The van der Waals surface area contributed by atoms with E-state index in [-0.39, 0.29) is 5.91 Å². The van der Waals surface area contributed by atoms with Gasteiger partial charge in [-0.05, 0) is 36.5 Å². The Kier molecular flexibility index (Phi) is 4.24. The maximum atomic E-state index is 11.6. The van der Waals surface area contributed by atoms with Gasteiger partial charge in [0, 0.05) is 26.3 Å². The van der Waals surface area contributed by atoms with Crippen molar-refractivity contribution in [3.05, 3.63) is 29.8 Å². The number of nitrogens with one attached hydrogen (secondary N) is 1. The van der Waals surface area contributed by atoms with Crippen LogP contribution in [0.25, 0.3) is 0 Å². The molecule has 1 N–H and O–H groups in total. The second kappa shape index (κ2) is 5.89. The molecule has 0 spiro atoms. The highest BCUT2D eigenvalue weighted by molar-refractivity contribution is 5.78. The lowest BCUT2D eigenvalue weighted by Gasteiger charge is -2.25. The predicted octanol–water partition coefficient (Wildman–Crippen LogP) is 2.53. The van der Waals surface area contributed by atoms with Crippen LogP contribution in [0.15, 0.2) is 24.3 Å². The molecule has 1 aromatic carbocycles. The molecule has 1 aliphatic rings.